The van der Waals surface area contributed by atoms with E-state index in [1.165, 1.54) is 12.3 Å². The van der Waals surface area contributed by atoms with Crippen LogP contribution >= 0.6 is 0 Å². The first-order chi connectivity index (χ1) is 6.15. The summed E-state index contributed by atoms with van der Waals surface area (Å²) in [6, 6.07) is 1.26. The predicted molar refractivity (Wildman–Crippen MR) is 45.5 cm³/mol. The Balaban J connectivity index is 2.96. The molecule has 0 spiro atoms. The van der Waals surface area contributed by atoms with Crippen molar-refractivity contribution in [1.29, 1.82) is 0 Å². The number of carboxylic acids is 1. The van der Waals surface area contributed by atoms with Gasteiger partial charge in [-0.3, -0.25) is 4.79 Å². The number of carbonyl (C=O) groups excluding carboxylic acids is 1. The van der Waals surface area contributed by atoms with Gasteiger partial charge in [0.05, 0.1) is 0 Å². The molecule has 0 fully saturated rings. The van der Waals surface area contributed by atoms with Crippen LogP contribution in [0.5, 0.6) is 0 Å². The van der Waals surface area contributed by atoms with Crippen molar-refractivity contribution in [2.24, 2.45) is 0 Å². The number of aromatic nitrogens is 1. The number of rotatable bonds is 2. The van der Waals surface area contributed by atoms with Gasteiger partial charge in [-0.05, 0) is 18.9 Å². The first kappa shape index (κ1) is 9.07. The fraction of sp³-hybridized carbons (Fsp3) is 0.111. The van der Waals surface area contributed by atoms with Crippen molar-refractivity contribution >= 4 is 11.8 Å². The molecule has 0 amide bonds. The number of nitrogens with one attached hydrogen (secondary N) is 1. The van der Waals surface area contributed by atoms with Gasteiger partial charge in [0, 0.05) is 11.8 Å². The maximum atomic E-state index is 11.1. The third-order valence-corrected chi connectivity index (χ3v) is 1.41. The average molecular weight is 177 g/mol. The summed E-state index contributed by atoms with van der Waals surface area (Å²) in [5.74, 6) is 3.28. The molecule has 4 heteroatoms. The smallest absolute Gasteiger partial charge is 0.352 e. The number of aromatic amines is 1. The Bertz CT molecular complexity index is 406. The van der Waals surface area contributed by atoms with Crippen molar-refractivity contribution < 1.29 is 14.7 Å². The Morgan fingerprint density at radius 3 is 2.69 bits per heavy atom. The number of hydrogen-bond donors (Lipinski definition) is 2. The highest BCUT2D eigenvalue weighted by molar-refractivity contribution is 6.09. The zero-order chi connectivity index (χ0) is 9.84. The number of ketones is 1. The Hall–Kier alpha value is -2.02. The lowest BCUT2D eigenvalue weighted by Gasteiger charge is -1.83. The minimum Gasteiger partial charge on any atom is -0.477 e. The van der Waals surface area contributed by atoms with E-state index in [2.05, 4.69) is 16.8 Å². The molecule has 0 aromatic carbocycles. The Kier molecular flexibility index (Phi) is 2.50. The van der Waals surface area contributed by atoms with Gasteiger partial charge in [-0.2, -0.15) is 0 Å². The molecule has 0 aliphatic carbocycles. The van der Waals surface area contributed by atoms with Gasteiger partial charge in [0.1, 0.15) is 5.69 Å². The SMILES string of the molecule is CC#CC(=O)c1c[nH]c(C(=O)O)c1. The molecule has 0 saturated heterocycles. The largest absolute Gasteiger partial charge is 0.477 e. The number of Topliss-reactive ketones (excluding diaryl/α,β-unsaturated/α-hetero) is 1. The van der Waals surface area contributed by atoms with Crippen LogP contribution in [0.2, 0.25) is 0 Å². The van der Waals surface area contributed by atoms with Crippen molar-refractivity contribution in [3.63, 3.8) is 0 Å². The molecular weight excluding hydrogens is 170 g/mol. The molecule has 0 aliphatic heterocycles. The van der Waals surface area contributed by atoms with Crippen LogP contribution in [0.4, 0.5) is 0 Å². The summed E-state index contributed by atoms with van der Waals surface area (Å²) in [7, 11) is 0. The molecule has 4 nitrogen and oxygen atoms in total. The Labute approximate surface area is 74.6 Å². The first-order valence-corrected chi connectivity index (χ1v) is 3.54. The second-order valence-electron chi connectivity index (χ2n) is 2.31. The minimum atomic E-state index is -1.09. The molecule has 66 valence electrons. The van der Waals surface area contributed by atoms with E-state index in [0.717, 1.165) is 0 Å². The molecule has 0 radical (unpaired) electrons. The molecule has 0 bridgehead atoms. The van der Waals surface area contributed by atoms with Crippen molar-refractivity contribution in [1.82, 2.24) is 4.98 Å². The van der Waals surface area contributed by atoms with E-state index in [9.17, 15) is 9.59 Å². The third kappa shape index (κ3) is 1.97. The van der Waals surface area contributed by atoms with Gasteiger partial charge in [0.25, 0.3) is 0 Å². The molecule has 1 heterocycles. The summed E-state index contributed by atoms with van der Waals surface area (Å²) in [5.41, 5.74) is 0.257. The summed E-state index contributed by atoms with van der Waals surface area (Å²) < 4.78 is 0. The highest BCUT2D eigenvalue weighted by atomic mass is 16.4. The second kappa shape index (κ2) is 3.59. The fourth-order valence-electron chi connectivity index (χ4n) is 0.835. The minimum absolute atomic E-state index is 0.0127. The molecule has 13 heavy (non-hydrogen) atoms. The Morgan fingerprint density at radius 1 is 1.54 bits per heavy atom. The van der Waals surface area contributed by atoms with Crippen molar-refractivity contribution in [3.8, 4) is 11.8 Å². The van der Waals surface area contributed by atoms with E-state index < -0.39 is 5.97 Å². The van der Waals surface area contributed by atoms with Gasteiger partial charge >= 0.3 is 5.97 Å². The average Bonchev–Trinajstić information content (AvgIpc) is 2.52. The summed E-state index contributed by atoms with van der Waals surface area (Å²) >= 11 is 0. The highest BCUT2D eigenvalue weighted by Gasteiger charge is 2.09. The first-order valence-electron chi connectivity index (χ1n) is 3.54. The van der Waals surface area contributed by atoms with Crippen LogP contribution in [0.1, 0.15) is 27.8 Å². The molecule has 0 atom stereocenters. The summed E-state index contributed by atoms with van der Waals surface area (Å²) in [4.78, 5) is 24.0. The van der Waals surface area contributed by atoms with Crippen LogP contribution in [0.3, 0.4) is 0 Å². The molecule has 0 unspecified atom stereocenters. The van der Waals surface area contributed by atoms with Crippen molar-refractivity contribution in [2.45, 2.75) is 6.92 Å². The van der Waals surface area contributed by atoms with E-state index in [0.29, 0.717) is 0 Å². The molecular formula is C9H7NO3. The highest BCUT2D eigenvalue weighted by Crippen LogP contribution is 2.03. The summed E-state index contributed by atoms with van der Waals surface area (Å²) in [5, 5.41) is 8.53. The maximum Gasteiger partial charge on any atom is 0.352 e. The maximum absolute atomic E-state index is 11.1. The molecule has 2 N–H and O–H groups in total. The molecule has 1 aromatic rings. The lowest BCUT2D eigenvalue weighted by molar-refractivity contribution is 0.0691. The van der Waals surface area contributed by atoms with Gasteiger partial charge in [-0.15, -0.1) is 0 Å². The number of hydrogen-bond acceptors (Lipinski definition) is 2. The van der Waals surface area contributed by atoms with E-state index in [-0.39, 0.29) is 17.0 Å². The van der Waals surface area contributed by atoms with Crippen LogP contribution < -0.4 is 0 Å². The van der Waals surface area contributed by atoms with Gasteiger partial charge < -0.3 is 10.1 Å². The normalized spacial score (nSPS) is 8.69. The molecule has 1 aromatic heterocycles. The fourth-order valence-corrected chi connectivity index (χ4v) is 0.835. The van der Waals surface area contributed by atoms with E-state index in [1.54, 1.807) is 6.92 Å². The lowest BCUT2D eigenvalue weighted by atomic mass is 10.2. The van der Waals surface area contributed by atoms with Crippen LogP contribution in [0.15, 0.2) is 12.3 Å². The standard InChI is InChI=1S/C9H7NO3/c1-2-3-8(11)6-4-7(9(12)13)10-5-6/h4-5,10H,1H3,(H,12,13). The second-order valence-corrected chi connectivity index (χ2v) is 2.31. The molecule has 0 aliphatic rings. The Morgan fingerprint density at radius 2 is 2.23 bits per heavy atom. The zero-order valence-electron chi connectivity index (χ0n) is 6.92. The lowest BCUT2D eigenvalue weighted by Crippen LogP contribution is -1.95. The van der Waals surface area contributed by atoms with Crippen LogP contribution in [-0.2, 0) is 0 Å². The number of H-pyrrole nitrogens is 1. The van der Waals surface area contributed by atoms with E-state index in [1.807, 2.05) is 0 Å². The number of carboxylic acid groups (broad SMARTS) is 1. The topological polar surface area (TPSA) is 70.2 Å². The third-order valence-electron chi connectivity index (χ3n) is 1.41. The van der Waals surface area contributed by atoms with Crippen LogP contribution in [0, 0.1) is 11.8 Å². The van der Waals surface area contributed by atoms with E-state index in [4.69, 9.17) is 5.11 Å². The van der Waals surface area contributed by atoms with Gasteiger partial charge in [0.2, 0.25) is 5.78 Å². The van der Waals surface area contributed by atoms with Crippen LogP contribution in [-0.4, -0.2) is 21.8 Å². The summed E-state index contributed by atoms with van der Waals surface area (Å²) in [6.07, 6.45) is 1.33. The molecule has 1 rings (SSSR count). The molecule has 0 saturated carbocycles. The number of aromatic carboxylic acids is 1. The number of carbonyl (C=O) groups is 2. The monoisotopic (exact) mass is 177 g/mol. The quantitative estimate of drug-likeness (QED) is 0.401. The zero-order valence-corrected chi connectivity index (χ0v) is 6.92. The predicted octanol–water partition coefficient (Wildman–Crippen LogP) is 0.919. The van der Waals surface area contributed by atoms with Gasteiger partial charge in [0.15, 0.2) is 0 Å². The van der Waals surface area contributed by atoms with Gasteiger partial charge in [-0.1, -0.05) is 5.92 Å². The van der Waals surface area contributed by atoms with Crippen molar-refractivity contribution in [2.75, 3.05) is 0 Å². The van der Waals surface area contributed by atoms with Crippen molar-refractivity contribution in [3.05, 3.63) is 23.5 Å². The van der Waals surface area contributed by atoms with Crippen LogP contribution in [0.25, 0.3) is 0 Å². The summed E-state index contributed by atoms with van der Waals surface area (Å²) in [6.45, 7) is 1.54. The van der Waals surface area contributed by atoms with Gasteiger partial charge in [-0.25, -0.2) is 4.79 Å². The van der Waals surface area contributed by atoms with E-state index >= 15 is 0 Å².